The minimum absolute atomic E-state index is 0.220. The van der Waals surface area contributed by atoms with E-state index in [-0.39, 0.29) is 24.3 Å². The first-order valence-electron chi connectivity index (χ1n) is 13.2. The monoisotopic (exact) mass is 643 g/mol. The Morgan fingerprint density at radius 2 is 1.51 bits per heavy atom. The number of anilines is 2. The fourth-order valence-corrected chi connectivity index (χ4v) is 6.51. The molecule has 2 N–H and O–H groups in total. The Hall–Kier alpha value is -2.61. The van der Waals surface area contributed by atoms with E-state index in [1.807, 2.05) is 65.8 Å². The van der Waals surface area contributed by atoms with E-state index in [1.165, 1.54) is 0 Å². The highest BCUT2D eigenvalue weighted by molar-refractivity contribution is 7.86. The van der Waals surface area contributed by atoms with Crippen LogP contribution in [0.25, 0.3) is 17.1 Å². The first kappa shape index (κ1) is 31.3. The zero-order chi connectivity index (χ0) is 29.9. The second-order valence-electron chi connectivity index (χ2n) is 9.58. The number of benzene rings is 2. The summed E-state index contributed by atoms with van der Waals surface area (Å²) in [4.78, 5) is 4.08. The van der Waals surface area contributed by atoms with E-state index >= 15 is 0 Å². The first-order valence-corrected chi connectivity index (χ1v) is 17.1. The molecule has 0 atom stereocenters. The summed E-state index contributed by atoms with van der Waals surface area (Å²) in [5.74, 6) is 0.919. The molecule has 1 aliphatic rings. The molecule has 0 saturated heterocycles. The van der Waals surface area contributed by atoms with Crippen LogP contribution in [0.15, 0.2) is 54.4 Å². The molecule has 14 heteroatoms. The number of hydrogen-bond acceptors (Lipinski definition) is 6. The molecule has 2 aromatic carbocycles. The normalized spacial score (nSPS) is 15.1. The lowest BCUT2D eigenvalue weighted by molar-refractivity contribution is -0.673. The van der Waals surface area contributed by atoms with Gasteiger partial charge < -0.3 is 9.80 Å². The standard InChI is InChI=1S/C27H32Cl2N4O6S2/c1-3-30-24-18-20(28)10-12-22(24)32(14-6-16-40(34,35)36)26(30)8-5-9-27-31(4-2)25-19-21(29)11-13-23(25)33(27)15-7-17-41(37,38)39/h5,8-13,18-19H,3-4,6-7,14-17H2,1-2H3,(H-,34,35,36,37,38,39)/p+1. The number of aryl methyl sites for hydroxylation is 2. The zero-order valence-corrected chi connectivity index (χ0v) is 25.9. The van der Waals surface area contributed by atoms with Crippen LogP contribution >= 0.6 is 23.2 Å². The van der Waals surface area contributed by atoms with E-state index in [1.54, 1.807) is 12.1 Å². The highest BCUT2D eigenvalue weighted by atomic mass is 35.5. The predicted octanol–water partition coefficient (Wildman–Crippen LogP) is 5.01. The third kappa shape index (κ3) is 7.43. The molecule has 0 unspecified atom stereocenters. The number of halogens is 2. The van der Waals surface area contributed by atoms with Gasteiger partial charge in [-0.25, -0.2) is 9.13 Å². The minimum Gasteiger partial charge on any atom is -0.326 e. The Kier molecular flexibility index (Phi) is 9.72. The molecule has 3 aromatic rings. The number of aromatic nitrogens is 2. The summed E-state index contributed by atoms with van der Waals surface area (Å²) >= 11 is 12.6. The molecule has 1 aromatic heterocycles. The summed E-state index contributed by atoms with van der Waals surface area (Å²) in [6, 6.07) is 11.1. The molecule has 222 valence electrons. The highest BCUT2D eigenvalue weighted by Crippen LogP contribution is 2.43. The van der Waals surface area contributed by atoms with Crippen molar-refractivity contribution in [3.8, 4) is 0 Å². The topological polar surface area (TPSA) is 124 Å². The Balaban J connectivity index is 1.75. The molecule has 0 saturated carbocycles. The summed E-state index contributed by atoms with van der Waals surface area (Å²) in [6.07, 6.45) is 6.19. The van der Waals surface area contributed by atoms with E-state index in [9.17, 15) is 25.9 Å². The summed E-state index contributed by atoms with van der Waals surface area (Å²) in [7, 11) is -8.20. The Morgan fingerprint density at radius 1 is 0.854 bits per heavy atom. The molecule has 0 aliphatic carbocycles. The van der Waals surface area contributed by atoms with Gasteiger partial charge in [-0.2, -0.15) is 16.8 Å². The summed E-state index contributed by atoms with van der Waals surface area (Å²) in [5.41, 5.74) is 3.54. The molecule has 41 heavy (non-hydrogen) atoms. The summed E-state index contributed by atoms with van der Waals surface area (Å²) < 4.78 is 68.1. The SMILES string of the molecule is CCN1/C(=C\C=C\c2n(CC)c3cc(Cl)ccc3[n+]2CCCS(=O)(=O)O)N(CCCS(=O)(=O)O)c2ccc(Cl)cc21. The number of imidazole rings is 1. The van der Waals surface area contributed by atoms with Gasteiger partial charge in [0.05, 0.1) is 36.0 Å². The van der Waals surface area contributed by atoms with Gasteiger partial charge in [-0.05, 0) is 56.7 Å². The van der Waals surface area contributed by atoms with Crippen molar-refractivity contribution in [2.45, 2.75) is 39.8 Å². The van der Waals surface area contributed by atoms with Gasteiger partial charge in [-0.3, -0.25) is 9.11 Å². The number of nitrogens with zero attached hydrogens (tertiary/aromatic N) is 4. The zero-order valence-electron chi connectivity index (χ0n) is 22.7. The predicted molar refractivity (Wildman–Crippen MR) is 164 cm³/mol. The quantitative estimate of drug-likeness (QED) is 0.208. The molecule has 4 rings (SSSR count). The third-order valence-corrected chi connectivity index (χ3v) is 8.91. The minimum atomic E-state index is -4.10. The Morgan fingerprint density at radius 3 is 2.17 bits per heavy atom. The van der Waals surface area contributed by atoms with E-state index in [0.717, 1.165) is 34.1 Å². The number of hydrogen-bond donors (Lipinski definition) is 2. The molecule has 0 spiro atoms. The average molecular weight is 645 g/mol. The van der Waals surface area contributed by atoms with Gasteiger partial charge in [0.15, 0.2) is 11.0 Å². The third-order valence-electron chi connectivity index (χ3n) is 6.84. The van der Waals surface area contributed by atoms with Gasteiger partial charge in [0.1, 0.15) is 5.82 Å². The van der Waals surface area contributed by atoms with Gasteiger partial charge in [0.2, 0.25) is 0 Å². The lowest BCUT2D eigenvalue weighted by atomic mass is 10.2. The van der Waals surface area contributed by atoms with E-state index in [2.05, 4.69) is 9.47 Å². The van der Waals surface area contributed by atoms with Crippen LogP contribution in [-0.4, -0.2) is 55.1 Å². The maximum Gasteiger partial charge on any atom is 0.282 e. The van der Waals surface area contributed by atoms with Gasteiger partial charge in [-0.1, -0.05) is 29.3 Å². The van der Waals surface area contributed by atoms with Gasteiger partial charge >= 0.3 is 0 Å². The van der Waals surface area contributed by atoms with Crippen molar-refractivity contribution in [2.75, 3.05) is 34.4 Å². The molecule has 2 heterocycles. The molecule has 10 nitrogen and oxygen atoms in total. The second kappa shape index (κ2) is 12.7. The van der Waals surface area contributed by atoms with Crippen molar-refractivity contribution >= 4 is 71.9 Å². The van der Waals surface area contributed by atoms with Crippen molar-refractivity contribution < 1.29 is 30.5 Å². The van der Waals surface area contributed by atoms with Crippen molar-refractivity contribution in [2.24, 2.45) is 0 Å². The first-order chi connectivity index (χ1) is 19.3. The maximum atomic E-state index is 11.4. The van der Waals surface area contributed by atoms with Gasteiger partial charge in [-0.15, -0.1) is 0 Å². The lowest BCUT2D eigenvalue weighted by Crippen LogP contribution is -2.37. The number of allylic oxidation sites excluding steroid dienone is 2. The largest absolute Gasteiger partial charge is 0.326 e. The van der Waals surface area contributed by atoms with E-state index in [4.69, 9.17) is 23.2 Å². The van der Waals surface area contributed by atoms with Crippen LogP contribution < -0.4 is 14.4 Å². The molecule has 0 amide bonds. The van der Waals surface area contributed by atoms with Gasteiger partial charge in [0.25, 0.3) is 26.1 Å². The smallest absolute Gasteiger partial charge is 0.282 e. The van der Waals surface area contributed by atoms with Crippen LogP contribution in [0.1, 0.15) is 32.5 Å². The molecule has 0 bridgehead atoms. The summed E-state index contributed by atoms with van der Waals surface area (Å²) in [5, 5.41) is 1.16. The van der Waals surface area contributed by atoms with Crippen molar-refractivity contribution in [3.05, 3.63) is 70.2 Å². The lowest BCUT2D eigenvalue weighted by Gasteiger charge is -2.24. The maximum absolute atomic E-state index is 11.4. The summed E-state index contributed by atoms with van der Waals surface area (Å²) in [6.45, 7) is 5.98. The molecule has 1 aliphatic heterocycles. The van der Waals surface area contributed by atoms with Crippen LogP contribution in [-0.2, 0) is 33.3 Å². The van der Waals surface area contributed by atoms with E-state index in [0.29, 0.717) is 36.2 Å². The van der Waals surface area contributed by atoms with Crippen LogP contribution in [0.2, 0.25) is 10.0 Å². The average Bonchev–Trinajstić information content (AvgIpc) is 3.33. The Labute approximate surface area is 250 Å². The van der Waals surface area contributed by atoms with Gasteiger partial charge in [0, 0.05) is 41.7 Å². The fraction of sp³-hybridized carbons (Fsp3) is 0.370. The second-order valence-corrected chi connectivity index (χ2v) is 13.6. The highest BCUT2D eigenvalue weighted by Gasteiger charge is 2.30. The van der Waals surface area contributed by atoms with Crippen molar-refractivity contribution in [1.29, 1.82) is 0 Å². The van der Waals surface area contributed by atoms with Crippen LogP contribution in [0, 0.1) is 0 Å². The van der Waals surface area contributed by atoms with Crippen molar-refractivity contribution in [1.82, 2.24) is 4.57 Å². The Bertz CT molecular complexity index is 1720. The number of fused-ring (bicyclic) bond motifs is 2. The van der Waals surface area contributed by atoms with Crippen molar-refractivity contribution in [3.63, 3.8) is 0 Å². The molecule has 0 fully saturated rings. The molecule has 0 radical (unpaired) electrons. The number of rotatable bonds is 12. The fourth-order valence-electron chi connectivity index (χ4n) is 5.19. The van der Waals surface area contributed by atoms with E-state index < -0.39 is 20.2 Å². The van der Waals surface area contributed by atoms with Crippen LogP contribution in [0.4, 0.5) is 11.4 Å². The van der Waals surface area contributed by atoms with Crippen LogP contribution in [0.5, 0.6) is 0 Å². The molecular formula is C27H33Cl2N4O6S2+. The van der Waals surface area contributed by atoms with Crippen LogP contribution in [0.3, 0.4) is 0 Å². The molecular weight excluding hydrogens is 611 g/mol.